The molecule has 1 aromatic heterocycles. The molecule has 0 aliphatic heterocycles. The van der Waals surface area contributed by atoms with E-state index in [0.717, 1.165) is 16.3 Å². The second-order valence-corrected chi connectivity index (χ2v) is 5.81. The van der Waals surface area contributed by atoms with Crippen molar-refractivity contribution >= 4 is 29.7 Å². The average Bonchev–Trinajstić information content (AvgIpc) is 2.97. The monoisotopic (exact) mass is 355 g/mol. The fraction of sp³-hybridized carbons (Fsp3) is 0.375. The Morgan fingerprint density at radius 1 is 1.39 bits per heavy atom. The first-order valence-corrected chi connectivity index (χ1v) is 8.14. The Morgan fingerprint density at radius 2 is 2.13 bits per heavy atom. The molecule has 0 radical (unpaired) electrons. The summed E-state index contributed by atoms with van der Waals surface area (Å²) in [5.41, 5.74) is 6.97. The first kappa shape index (κ1) is 19.4. The standard InChI is InChI=1S/C16H21N3O2S.ClH/c1-3-21-14-7-5-4-6-12(14)10-19(2)16(20)13-11-22-15(18-13)8-9-17;/h4-7,11H,3,8-10,17H2,1-2H3;1H. The molecule has 1 amide bonds. The van der Waals surface area contributed by atoms with Gasteiger partial charge in [-0.05, 0) is 19.5 Å². The highest BCUT2D eigenvalue weighted by molar-refractivity contribution is 7.09. The quantitative estimate of drug-likeness (QED) is 0.829. The Hall–Kier alpha value is -1.63. The van der Waals surface area contributed by atoms with Crippen molar-refractivity contribution in [3.05, 3.63) is 45.9 Å². The molecule has 0 atom stereocenters. The number of aromatic nitrogens is 1. The van der Waals surface area contributed by atoms with Gasteiger partial charge in [-0.2, -0.15) is 0 Å². The molecule has 0 bridgehead atoms. The SMILES string of the molecule is CCOc1ccccc1CN(C)C(=O)c1csc(CCN)n1.Cl. The number of thiazole rings is 1. The number of carbonyl (C=O) groups excluding carboxylic acids is 1. The summed E-state index contributed by atoms with van der Waals surface area (Å²) in [7, 11) is 1.77. The molecule has 2 aromatic rings. The van der Waals surface area contributed by atoms with Crippen LogP contribution in [0.1, 0.15) is 28.0 Å². The topological polar surface area (TPSA) is 68.5 Å². The van der Waals surface area contributed by atoms with Crippen molar-refractivity contribution in [1.82, 2.24) is 9.88 Å². The lowest BCUT2D eigenvalue weighted by atomic mass is 10.2. The number of carbonyl (C=O) groups is 1. The molecule has 0 saturated heterocycles. The van der Waals surface area contributed by atoms with Crippen LogP contribution in [0, 0.1) is 0 Å². The molecule has 0 aliphatic rings. The molecule has 1 heterocycles. The Labute approximate surface area is 146 Å². The summed E-state index contributed by atoms with van der Waals surface area (Å²) >= 11 is 1.47. The van der Waals surface area contributed by atoms with E-state index < -0.39 is 0 Å². The first-order chi connectivity index (χ1) is 10.7. The predicted molar refractivity (Wildman–Crippen MR) is 95.5 cm³/mol. The summed E-state index contributed by atoms with van der Waals surface area (Å²) < 4.78 is 5.59. The van der Waals surface area contributed by atoms with Gasteiger partial charge in [0.2, 0.25) is 0 Å². The third-order valence-corrected chi connectivity index (χ3v) is 4.06. The van der Waals surface area contributed by atoms with Crippen LogP contribution in [0.15, 0.2) is 29.6 Å². The Bertz CT molecular complexity index is 633. The maximum atomic E-state index is 12.4. The number of nitrogens with two attached hydrogens (primary N) is 1. The van der Waals surface area contributed by atoms with Crippen molar-refractivity contribution in [3.8, 4) is 5.75 Å². The highest BCUT2D eigenvalue weighted by Crippen LogP contribution is 2.20. The van der Waals surface area contributed by atoms with E-state index in [0.29, 0.717) is 31.8 Å². The molecular formula is C16H22ClN3O2S. The Morgan fingerprint density at radius 3 is 2.83 bits per heavy atom. The zero-order valence-electron chi connectivity index (χ0n) is 13.3. The average molecular weight is 356 g/mol. The maximum Gasteiger partial charge on any atom is 0.273 e. The molecule has 2 N–H and O–H groups in total. The molecule has 5 nitrogen and oxygen atoms in total. The summed E-state index contributed by atoms with van der Waals surface area (Å²) in [4.78, 5) is 18.4. The molecule has 0 fully saturated rings. The first-order valence-electron chi connectivity index (χ1n) is 7.26. The van der Waals surface area contributed by atoms with Crippen LogP contribution in [0.5, 0.6) is 5.75 Å². The van der Waals surface area contributed by atoms with Crippen molar-refractivity contribution in [3.63, 3.8) is 0 Å². The fourth-order valence-corrected chi connectivity index (χ4v) is 2.89. The Balaban J connectivity index is 0.00000264. The van der Waals surface area contributed by atoms with Crippen LogP contribution >= 0.6 is 23.7 Å². The van der Waals surface area contributed by atoms with Gasteiger partial charge >= 0.3 is 0 Å². The zero-order valence-corrected chi connectivity index (χ0v) is 15.0. The minimum atomic E-state index is -0.0918. The lowest BCUT2D eigenvalue weighted by Crippen LogP contribution is -2.26. The number of nitrogens with zero attached hydrogens (tertiary/aromatic N) is 2. The maximum absolute atomic E-state index is 12.4. The van der Waals surface area contributed by atoms with Gasteiger partial charge in [0.05, 0.1) is 11.6 Å². The lowest BCUT2D eigenvalue weighted by Gasteiger charge is -2.18. The van der Waals surface area contributed by atoms with E-state index >= 15 is 0 Å². The third-order valence-electron chi connectivity index (χ3n) is 3.16. The highest BCUT2D eigenvalue weighted by atomic mass is 35.5. The Kier molecular flexibility index (Phi) is 8.02. The number of benzene rings is 1. The molecule has 0 spiro atoms. The van der Waals surface area contributed by atoms with E-state index in [1.54, 1.807) is 17.3 Å². The van der Waals surface area contributed by atoms with E-state index in [-0.39, 0.29) is 18.3 Å². The van der Waals surface area contributed by atoms with Crippen LogP contribution in [-0.2, 0) is 13.0 Å². The van der Waals surface area contributed by atoms with Gasteiger partial charge in [-0.1, -0.05) is 18.2 Å². The predicted octanol–water partition coefficient (Wildman–Crippen LogP) is 2.74. The van der Waals surface area contributed by atoms with Gasteiger partial charge in [-0.3, -0.25) is 4.79 Å². The molecule has 23 heavy (non-hydrogen) atoms. The summed E-state index contributed by atoms with van der Waals surface area (Å²) in [5.74, 6) is 0.720. The highest BCUT2D eigenvalue weighted by Gasteiger charge is 2.17. The number of hydrogen-bond donors (Lipinski definition) is 1. The van der Waals surface area contributed by atoms with Gasteiger partial charge in [0.25, 0.3) is 5.91 Å². The van der Waals surface area contributed by atoms with E-state index in [1.807, 2.05) is 31.2 Å². The van der Waals surface area contributed by atoms with Crippen LogP contribution in [0.4, 0.5) is 0 Å². The van der Waals surface area contributed by atoms with E-state index in [9.17, 15) is 4.79 Å². The summed E-state index contributed by atoms with van der Waals surface area (Å²) in [5, 5.41) is 2.69. The summed E-state index contributed by atoms with van der Waals surface area (Å²) in [6.07, 6.45) is 0.703. The number of ether oxygens (including phenoxy) is 1. The van der Waals surface area contributed by atoms with Crippen LogP contribution in [-0.4, -0.2) is 36.0 Å². The van der Waals surface area contributed by atoms with Gasteiger partial charge < -0.3 is 15.4 Å². The van der Waals surface area contributed by atoms with Crippen molar-refractivity contribution in [2.75, 3.05) is 20.2 Å². The molecule has 1 aromatic carbocycles. The largest absolute Gasteiger partial charge is 0.494 e. The van der Waals surface area contributed by atoms with Crippen molar-refractivity contribution in [2.24, 2.45) is 5.73 Å². The van der Waals surface area contributed by atoms with Gasteiger partial charge in [0, 0.05) is 31.0 Å². The summed E-state index contributed by atoms with van der Waals surface area (Å²) in [6.45, 7) is 3.57. The zero-order chi connectivity index (χ0) is 15.9. The molecule has 0 unspecified atom stereocenters. The molecular weight excluding hydrogens is 334 g/mol. The second kappa shape index (κ2) is 9.50. The molecule has 0 saturated carbocycles. The van der Waals surface area contributed by atoms with Crippen LogP contribution in [0.25, 0.3) is 0 Å². The van der Waals surface area contributed by atoms with Crippen molar-refractivity contribution in [1.29, 1.82) is 0 Å². The smallest absolute Gasteiger partial charge is 0.273 e. The minimum absolute atomic E-state index is 0. The van der Waals surface area contributed by atoms with Gasteiger partial charge in [0.15, 0.2) is 0 Å². The van der Waals surface area contributed by atoms with Crippen LogP contribution < -0.4 is 10.5 Å². The van der Waals surface area contributed by atoms with E-state index in [2.05, 4.69) is 4.98 Å². The summed E-state index contributed by atoms with van der Waals surface area (Å²) in [6, 6.07) is 7.75. The number of para-hydroxylation sites is 1. The van der Waals surface area contributed by atoms with Gasteiger partial charge in [-0.25, -0.2) is 4.98 Å². The third kappa shape index (κ3) is 5.20. The van der Waals surface area contributed by atoms with E-state index in [4.69, 9.17) is 10.5 Å². The molecule has 7 heteroatoms. The number of rotatable bonds is 7. The van der Waals surface area contributed by atoms with Crippen molar-refractivity contribution < 1.29 is 9.53 Å². The molecule has 0 aliphatic carbocycles. The minimum Gasteiger partial charge on any atom is -0.494 e. The van der Waals surface area contributed by atoms with Gasteiger partial charge in [-0.15, -0.1) is 23.7 Å². The van der Waals surface area contributed by atoms with Crippen LogP contribution in [0.3, 0.4) is 0 Å². The fourth-order valence-electron chi connectivity index (χ4n) is 2.10. The van der Waals surface area contributed by atoms with E-state index in [1.165, 1.54) is 11.3 Å². The number of amides is 1. The van der Waals surface area contributed by atoms with Gasteiger partial charge in [0.1, 0.15) is 11.4 Å². The number of hydrogen-bond acceptors (Lipinski definition) is 5. The molecule has 2 rings (SSSR count). The molecule has 126 valence electrons. The number of halogens is 1. The lowest BCUT2D eigenvalue weighted by molar-refractivity contribution is 0.0779. The second-order valence-electron chi connectivity index (χ2n) is 4.87. The van der Waals surface area contributed by atoms with Crippen LogP contribution in [0.2, 0.25) is 0 Å². The normalized spacial score (nSPS) is 10.0. The van der Waals surface area contributed by atoms with Crippen molar-refractivity contribution in [2.45, 2.75) is 19.9 Å².